The number of nitrogens with zero attached hydrogens (tertiary/aromatic N) is 1. The Labute approximate surface area is 125 Å². The Morgan fingerprint density at radius 1 is 1.29 bits per heavy atom. The quantitative estimate of drug-likeness (QED) is 0.936. The number of aryl methyl sites for hydroxylation is 4. The van der Waals surface area contributed by atoms with E-state index in [4.69, 9.17) is 4.52 Å². The number of aromatic nitrogens is 1. The first-order valence-corrected chi connectivity index (χ1v) is 7.18. The smallest absolute Gasteiger partial charge is 0.251 e. The lowest BCUT2D eigenvalue weighted by atomic mass is 9.99. The topological polar surface area (TPSA) is 55.1 Å². The third-order valence-corrected chi connectivity index (χ3v) is 3.79. The maximum Gasteiger partial charge on any atom is 0.251 e. The van der Waals surface area contributed by atoms with Gasteiger partial charge in [-0.2, -0.15) is 0 Å². The van der Waals surface area contributed by atoms with Crippen LogP contribution in [0.2, 0.25) is 0 Å². The van der Waals surface area contributed by atoms with Crippen LogP contribution in [0.15, 0.2) is 22.7 Å². The van der Waals surface area contributed by atoms with E-state index in [0.29, 0.717) is 6.54 Å². The summed E-state index contributed by atoms with van der Waals surface area (Å²) >= 11 is 0. The van der Waals surface area contributed by atoms with E-state index in [9.17, 15) is 4.79 Å². The molecule has 4 heteroatoms. The molecule has 0 aliphatic heterocycles. The summed E-state index contributed by atoms with van der Waals surface area (Å²) in [7, 11) is 0. The molecule has 1 aromatic carbocycles. The number of carbonyl (C=O) groups excluding carboxylic acids is 1. The van der Waals surface area contributed by atoms with Gasteiger partial charge in [-0.1, -0.05) is 29.8 Å². The number of hydrogen-bond acceptors (Lipinski definition) is 3. The zero-order chi connectivity index (χ0) is 15.6. The number of amides is 1. The van der Waals surface area contributed by atoms with E-state index >= 15 is 0 Å². The minimum atomic E-state index is -0.0326. The van der Waals surface area contributed by atoms with Gasteiger partial charge in [0.25, 0.3) is 5.91 Å². The van der Waals surface area contributed by atoms with Crippen LogP contribution in [-0.4, -0.2) is 17.6 Å². The summed E-state index contributed by atoms with van der Waals surface area (Å²) in [5, 5.41) is 6.96. The monoisotopic (exact) mass is 286 g/mol. The second-order valence-corrected chi connectivity index (χ2v) is 5.67. The zero-order valence-electron chi connectivity index (χ0n) is 13.3. The van der Waals surface area contributed by atoms with Gasteiger partial charge < -0.3 is 9.84 Å². The first-order chi connectivity index (χ1) is 9.90. The Morgan fingerprint density at radius 3 is 2.62 bits per heavy atom. The van der Waals surface area contributed by atoms with E-state index in [-0.39, 0.29) is 11.8 Å². The Bertz CT molecular complexity index is 639. The fourth-order valence-electron chi connectivity index (χ4n) is 2.62. The zero-order valence-corrected chi connectivity index (χ0v) is 13.3. The van der Waals surface area contributed by atoms with E-state index in [1.165, 1.54) is 0 Å². The highest BCUT2D eigenvalue weighted by Crippen LogP contribution is 2.22. The molecule has 21 heavy (non-hydrogen) atoms. The molecular weight excluding hydrogens is 264 g/mol. The Kier molecular flexibility index (Phi) is 4.46. The molecule has 112 valence electrons. The summed E-state index contributed by atoms with van der Waals surface area (Å²) in [5.41, 5.74) is 4.78. The van der Waals surface area contributed by atoms with Gasteiger partial charge in [0, 0.05) is 23.6 Å². The van der Waals surface area contributed by atoms with Gasteiger partial charge in [0.1, 0.15) is 5.76 Å². The van der Waals surface area contributed by atoms with Crippen molar-refractivity contribution < 1.29 is 9.32 Å². The fraction of sp³-hybridized carbons (Fsp3) is 0.412. The number of carbonyl (C=O) groups is 1. The number of rotatable bonds is 4. The number of nitrogens with one attached hydrogen (secondary N) is 1. The van der Waals surface area contributed by atoms with Crippen LogP contribution in [0.25, 0.3) is 0 Å². The van der Waals surface area contributed by atoms with Crippen molar-refractivity contribution in [2.24, 2.45) is 0 Å². The van der Waals surface area contributed by atoms with Gasteiger partial charge in [-0.15, -0.1) is 0 Å². The van der Waals surface area contributed by atoms with Gasteiger partial charge in [0.05, 0.1) is 5.69 Å². The highest BCUT2D eigenvalue weighted by atomic mass is 16.5. The molecule has 0 spiro atoms. The summed E-state index contributed by atoms with van der Waals surface area (Å²) < 4.78 is 5.18. The van der Waals surface area contributed by atoms with Crippen LogP contribution < -0.4 is 5.32 Å². The summed E-state index contributed by atoms with van der Waals surface area (Å²) in [6.45, 7) is 10.4. The molecule has 2 rings (SSSR count). The Hall–Kier alpha value is -2.10. The summed E-state index contributed by atoms with van der Waals surface area (Å²) in [6, 6.07) is 5.91. The molecule has 1 aromatic heterocycles. The van der Waals surface area contributed by atoms with Crippen molar-refractivity contribution in [3.05, 3.63) is 51.9 Å². The molecule has 0 radical (unpaired) electrons. The molecule has 2 aromatic rings. The third-order valence-electron chi connectivity index (χ3n) is 3.79. The van der Waals surface area contributed by atoms with Crippen molar-refractivity contribution in [1.82, 2.24) is 10.5 Å². The average Bonchev–Trinajstić information content (AvgIpc) is 2.78. The molecule has 0 aliphatic carbocycles. The van der Waals surface area contributed by atoms with E-state index in [1.807, 2.05) is 45.9 Å². The molecule has 4 nitrogen and oxygen atoms in total. The van der Waals surface area contributed by atoms with Gasteiger partial charge in [-0.3, -0.25) is 4.79 Å². The van der Waals surface area contributed by atoms with Gasteiger partial charge in [0.2, 0.25) is 0 Å². The SMILES string of the molecule is Cc1ccc(C)c(C(=O)NCC(C)c2c(C)noc2C)c1. The first-order valence-electron chi connectivity index (χ1n) is 7.18. The molecule has 1 amide bonds. The highest BCUT2D eigenvalue weighted by molar-refractivity contribution is 5.95. The molecule has 0 bridgehead atoms. The maximum absolute atomic E-state index is 12.3. The number of benzene rings is 1. The summed E-state index contributed by atoms with van der Waals surface area (Å²) in [5.74, 6) is 0.959. The van der Waals surface area contributed by atoms with E-state index in [2.05, 4.69) is 17.4 Å². The minimum absolute atomic E-state index is 0.0326. The first kappa shape index (κ1) is 15.3. The molecule has 0 saturated carbocycles. The molecule has 1 heterocycles. The lowest BCUT2D eigenvalue weighted by Crippen LogP contribution is -2.28. The molecule has 0 aliphatic rings. The highest BCUT2D eigenvalue weighted by Gasteiger charge is 2.17. The lowest BCUT2D eigenvalue weighted by molar-refractivity contribution is 0.0951. The lowest BCUT2D eigenvalue weighted by Gasteiger charge is -2.13. The van der Waals surface area contributed by atoms with Crippen molar-refractivity contribution in [3.8, 4) is 0 Å². The molecule has 0 fully saturated rings. The van der Waals surface area contributed by atoms with Crippen molar-refractivity contribution in [2.75, 3.05) is 6.54 Å². The fourth-order valence-corrected chi connectivity index (χ4v) is 2.62. The van der Waals surface area contributed by atoms with Crippen LogP contribution in [0.5, 0.6) is 0 Å². The van der Waals surface area contributed by atoms with Gasteiger partial charge in [0.15, 0.2) is 0 Å². The van der Waals surface area contributed by atoms with Gasteiger partial charge in [-0.25, -0.2) is 0 Å². The van der Waals surface area contributed by atoms with E-state index in [1.54, 1.807) is 0 Å². The normalized spacial score (nSPS) is 12.2. The van der Waals surface area contributed by atoms with Crippen LogP contribution >= 0.6 is 0 Å². The summed E-state index contributed by atoms with van der Waals surface area (Å²) in [4.78, 5) is 12.3. The van der Waals surface area contributed by atoms with Crippen LogP contribution in [0, 0.1) is 27.7 Å². The molecular formula is C17H22N2O2. The van der Waals surface area contributed by atoms with Gasteiger partial charge in [-0.05, 0) is 39.3 Å². The Balaban J connectivity index is 2.06. The number of hydrogen-bond donors (Lipinski definition) is 1. The van der Waals surface area contributed by atoms with Crippen LogP contribution in [0.3, 0.4) is 0 Å². The van der Waals surface area contributed by atoms with E-state index in [0.717, 1.165) is 33.7 Å². The second kappa shape index (κ2) is 6.12. The predicted octanol–water partition coefficient (Wildman–Crippen LogP) is 3.44. The maximum atomic E-state index is 12.3. The minimum Gasteiger partial charge on any atom is -0.361 e. The average molecular weight is 286 g/mol. The standard InChI is InChI=1S/C17H22N2O2/c1-10-6-7-11(2)15(8-10)17(20)18-9-12(3)16-13(4)19-21-14(16)5/h6-8,12H,9H2,1-5H3,(H,18,20). The van der Waals surface area contributed by atoms with Crippen molar-refractivity contribution in [3.63, 3.8) is 0 Å². The van der Waals surface area contributed by atoms with E-state index < -0.39 is 0 Å². The van der Waals surface area contributed by atoms with Crippen LogP contribution in [0.4, 0.5) is 0 Å². The molecule has 1 atom stereocenters. The predicted molar refractivity (Wildman–Crippen MR) is 82.6 cm³/mol. The van der Waals surface area contributed by atoms with Crippen molar-refractivity contribution in [2.45, 2.75) is 40.5 Å². The van der Waals surface area contributed by atoms with Crippen LogP contribution in [-0.2, 0) is 0 Å². The largest absolute Gasteiger partial charge is 0.361 e. The third kappa shape index (κ3) is 3.32. The van der Waals surface area contributed by atoms with Crippen molar-refractivity contribution >= 4 is 5.91 Å². The molecule has 0 saturated heterocycles. The Morgan fingerprint density at radius 2 is 2.00 bits per heavy atom. The molecule has 1 N–H and O–H groups in total. The summed E-state index contributed by atoms with van der Waals surface area (Å²) in [6.07, 6.45) is 0. The van der Waals surface area contributed by atoms with Gasteiger partial charge >= 0.3 is 0 Å². The van der Waals surface area contributed by atoms with Crippen LogP contribution in [0.1, 0.15) is 51.3 Å². The second-order valence-electron chi connectivity index (χ2n) is 5.67. The molecule has 1 unspecified atom stereocenters. The van der Waals surface area contributed by atoms with Crippen molar-refractivity contribution in [1.29, 1.82) is 0 Å².